The number of hydrogen-bond donors (Lipinski definition) is 2. The van der Waals surface area contributed by atoms with E-state index in [0.29, 0.717) is 31.0 Å². The second kappa shape index (κ2) is 6.70. The van der Waals surface area contributed by atoms with E-state index in [2.05, 4.69) is 10.5 Å². The van der Waals surface area contributed by atoms with E-state index in [9.17, 15) is 9.90 Å². The average molecular weight is 317 g/mol. The molecule has 0 saturated carbocycles. The van der Waals surface area contributed by atoms with Crippen molar-refractivity contribution in [3.05, 3.63) is 36.0 Å². The zero-order valence-electron chi connectivity index (χ0n) is 12.9. The van der Waals surface area contributed by atoms with Gasteiger partial charge < -0.3 is 24.6 Å². The first-order chi connectivity index (χ1) is 11.2. The van der Waals surface area contributed by atoms with Gasteiger partial charge in [-0.25, -0.2) is 4.79 Å². The molecule has 1 saturated heterocycles. The van der Waals surface area contributed by atoms with Crippen molar-refractivity contribution >= 4 is 6.03 Å². The lowest BCUT2D eigenvalue weighted by molar-refractivity contribution is 0.171. The molecule has 1 atom stereocenters. The summed E-state index contributed by atoms with van der Waals surface area (Å²) in [7, 11) is 1.61. The molecule has 1 aliphatic heterocycles. The molecule has 0 bridgehead atoms. The van der Waals surface area contributed by atoms with E-state index in [1.165, 1.54) is 0 Å². The van der Waals surface area contributed by atoms with Gasteiger partial charge in [0, 0.05) is 24.7 Å². The third-order valence-corrected chi connectivity index (χ3v) is 3.78. The number of ether oxygens (including phenoxy) is 1. The normalized spacial score (nSPS) is 17.3. The molecule has 0 aliphatic carbocycles. The van der Waals surface area contributed by atoms with E-state index in [1.54, 1.807) is 18.1 Å². The summed E-state index contributed by atoms with van der Waals surface area (Å²) in [5.41, 5.74) is 1.49. The van der Waals surface area contributed by atoms with Crippen molar-refractivity contribution in [3.8, 4) is 17.1 Å². The predicted octanol–water partition coefficient (Wildman–Crippen LogP) is 1.63. The number of methoxy groups -OCH3 is 1. The van der Waals surface area contributed by atoms with Gasteiger partial charge in [0.1, 0.15) is 11.4 Å². The summed E-state index contributed by atoms with van der Waals surface area (Å²) in [5, 5.41) is 16.2. The minimum Gasteiger partial charge on any atom is -0.497 e. The molecule has 2 amide bonds. The molecule has 1 aliphatic rings. The number of hydrogen-bond acceptors (Lipinski definition) is 5. The molecule has 0 radical (unpaired) electrons. The lowest BCUT2D eigenvalue weighted by atomic mass is 10.1. The number of carbonyl (C=O) groups is 1. The third kappa shape index (κ3) is 3.62. The van der Waals surface area contributed by atoms with Crippen molar-refractivity contribution in [3.63, 3.8) is 0 Å². The van der Waals surface area contributed by atoms with E-state index >= 15 is 0 Å². The van der Waals surface area contributed by atoms with Gasteiger partial charge in [-0.15, -0.1) is 0 Å². The van der Waals surface area contributed by atoms with Crippen molar-refractivity contribution in [2.24, 2.45) is 0 Å². The molecule has 1 fully saturated rings. The van der Waals surface area contributed by atoms with Crippen molar-refractivity contribution in [2.75, 3.05) is 20.2 Å². The van der Waals surface area contributed by atoms with Crippen LogP contribution < -0.4 is 10.1 Å². The Balaban J connectivity index is 1.60. The number of aromatic nitrogens is 1. The molecule has 1 aromatic carbocycles. The Labute approximate surface area is 133 Å². The van der Waals surface area contributed by atoms with Crippen LogP contribution in [0.1, 0.15) is 12.1 Å². The Morgan fingerprint density at radius 2 is 2.39 bits per heavy atom. The Hall–Kier alpha value is -2.54. The van der Waals surface area contributed by atoms with Gasteiger partial charge in [0.05, 0.1) is 19.8 Å². The van der Waals surface area contributed by atoms with Crippen LogP contribution in [-0.4, -0.2) is 47.5 Å². The second-order valence-electron chi connectivity index (χ2n) is 5.46. The van der Waals surface area contributed by atoms with Crippen molar-refractivity contribution in [1.29, 1.82) is 0 Å². The summed E-state index contributed by atoms with van der Waals surface area (Å²) in [4.78, 5) is 13.5. The highest BCUT2D eigenvalue weighted by Gasteiger charge is 2.24. The van der Waals surface area contributed by atoms with Crippen LogP contribution in [0.5, 0.6) is 5.75 Å². The first-order valence-electron chi connectivity index (χ1n) is 7.46. The number of aliphatic hydroxyl groups is 1. The van der Waals surface area contributed by atoms with E-state index in [0.717, 1.165) is 11.3 Å². The lowest BCUT2D eigenvalue weighted by Gasteiger charge is -2.15. The Kier molecular flexibility index (Phi) is 4.47. The average Bonchev–Trinajstić information content (AvgIpc) is 3.22. The fourth-order valence-electron chi connectivity index (χ4n) is 2.51. The minimum atomic E-state index is -0.424. The molecule has 2 aromatic rings. The lowest BCUT2D eigenvalue weighted by Crippen LogP contribution is -2.38. The molecule has 0 unspecified atom stereocenters. The van der Waals surface area contributed by atoms with Crippen LogP contribution in [0.25, 0.3) is 11.3 Å². The minimum absolute atomic E-state index is 0.201. The number of urea groups is 1. The number of aliphatic hydroxyl groups excluding tert-OH is 1. The largest absolute Gasteiger partial charge is 0.497 e. The molecule has 0 spiro atoms. The number of nitrogens with one attached hydrogen (secondary N) is 1. The van der Waals surface area contributed by atoms with Crippen molar-refractivity contribution in [2.45, 2.75) is 19.1 Å². The Morgan fingerprint density at radius 1 is 1.52 bits per heavy atom. The molecule has 1 aromatic heterocycles. The Bertz CT molecular complexity index is 685. The van der Waals surface area contributed by atoms with E-state index < -0.39 is 6.10 Å². The maximum absolute atomic E-state index is 12.0. The van der Waals surface area contributed by atoms with Crippen LogP contribution in [0.15, 0.2) is 34.9 Å². The van der Waals surface area contributed by atoms with E-state index in [1.807, 2.05) is 24.3 Å². The van der Waals surface area contributed by atoms with Gasteiger partial charge in [-0.2, -0.15) is 0 Å². The van der Waals surface area contributed by atoms with Crippen LogP contribution in [0.2, 0.25) is 0 Å². The first-order valence-corrected chi connectivity index (χ1v) is 7.46. The highest BCUT2D eigenvalue weighted by Crippen LogP contribution is 2.24. The number of likely N-dealkylation sites (tertiary alicyclic amines) is 1. The van der Waals surface area contributed by atoms with Gasteiger partial charge in [0.2, 0.25) is 0 Å². The summed E-state index contributed by atoms with van der Waals surface area (Å²) in [6.07, 6.45) is 0.199. The summed E-state index contributed by atoms with van der Waals surface area (Å²) in [6, 6.07) is 9.06. The quantitative estimate of drug-likeness (QED) is 0.895. The van der Waals surface area contributed by atoms with Gasteiger partial charge in [0.25, 0.3) is 0 Å². The highest BCUT2D eigenvalue weighted by molar-refractivity contribution is 5.74. The van der Waals surface area contributed by atoms with Gasteiger partial charge in [-0.1, -0.05) is 17.3 Å². The van der Waals surface area contributed by atoms with Gasteiger partial charge in [-0.3, -0.25) is 0 Å². The number of rotatable bonds is 4. The number of benzene rings is 1. The molecule has 2 N–H and O–H groups in total. The van der Waals surface area contributed by atoms with Crippen LogP contribution in [0.4, 0.5) is 4.79 Å². The fraction of sp³-hybridized carbons (Fsp3) is 0.375. The van der Waals surface area contributed by atoms with Crippen LogP contribution in [0, 0.1) is 0 Å². The van der Waals surface area contributed by atoms with Gasteiger partial charge >= 0.3 is 6.03 Å². The summed E-state index contributed by atoms with van der Waals surface area (Å²) < 4.78 is 10.5. The molecule has 122 valence electrons. The van der Waals surface area contributed by atoms with Crippen molar-refractivity contribution < 1.29 is 19.2 Å². The van der Waals surface area contributed by atoms with Crippen LogP contribution in [-0.2, 0) is 6.54 Å². The molecule has 7 heteroatoms. The zero-order chi connectivity index (χ0) is 16.2. The SMILES string of the molecule is COc1cccc(-c2cc(CNC(=O)N3CC[C@@H](O)C3)no2)c1. The monoisotopic (exact) mass is 317 g/mol. The fourth-order valence-corrected chi connectivity index (χ4v) is 2.51. The molecule has 23 heavy (non-hydrogen) atoms. The number of carbonyl (C=O) groups excluding carboxylic acids is 1. The second-order valence-corrected chi connectivity index (χ2v) is 5.46. The third-order valence-electron chi connectivity index (χ3n) is 3.78. The van der Waals surface area contributed by atoms with E-state index in [-0.39, 0.29) is 12.6 Å². The number of nitrogens with zero attached hydrogens (tertiary/aromatic N) is 2. The molecule has 2 heterocycles. The van der Waals surface area contributed by atoms with E-state index in [4.69, 9.17) is 9.26 Å². The van der Waals surface area contributed by atoms with Crippen LogP contribution >= 0.6 is 0 Å². The topological polar surface area (TPSA) is 87.8 Å². The predicted molar refractivity (Wildman–Crippen MR) is 82.9 cm³/mol. The maximum Gasteiger partial charge on any atom is 0.317 e. The Morgan fingerprint density at radius 3 is 3.13 bits per heavy atom. The summed E-state index contributed by atoms with van der Waals surface area (Å²) >= 11 is 0. The number of β-amino-alcohol motifs (C(OH)–C–C–N with tert-alkyl or cyclic N) is 1. The first kappa shape index (κ1) is 15.4. The highest BCUT2D eigenvalue weighted by atomic mass is 16.5. The molecular weight excluding hydrogens is 298 g/mol. The molecule has 7 nitrogen and oxygen atoms in total. The maximum atomic E-state index is 12.0. The van der Waals surface area contributed by atoms with Gasteiger partial charge in [-0.05, 0) is 18.6 Å². The van der Waals surface area contributed by atoms with Gasteiger partial charge in [0.15, 0.2) is 5.76 Å². The smallest absolute Gasteiger partial charge is 0.317 e. The molecule has 3 rings (SSSR count). The van der Waals surface area contributed by atoms with Crippen LogP contribution in [0.3, 0.4) is 0 Å². The zero-order valence-corrected chi connectivity index (χ0v) is 12.9. The molecular formula is C16H19N3O4. The summed E-state index contributed by atoms with van der Waals surface area (Å²) in [5.74, 6) is 1.35. The van der Waals surface area contributed by atoms with Crippen molar-refractivity contribution in [1.82, 2.24) is 15.4 Å². The standard InChI is InChI=1S/C16H19N3O4/c1-22-14-4-2-3-11(7-14)15-8-12(18-23-15)9-17-16(21)19-6-5-13(20)10-19/h2-4,7-8,13,20H,5-6,9-10H2,1H3,(H,17,21)/t13-/m1/s1. The summed E-state index contributed by atoms with van der Waals surface area (Å²) in [6.45, 7) is 1.22. The number of amides is 2.